The van der Waals surface area contributed by atoms with Gasteiger partial charge in [-0.2, -0.15) is 5.26 Å². The molecule has 0 fully saturated rings. The van der Waals surface area contributed by atoms with Crippen molar-refractivity contribution in [2.45, 2.75) is 46.6 Å². The van der Waals surface area contributed by atoms with E-state index in [-0.39, 0.29) is 11.4 Å². The SMILES string of the molecule is CC#N.COC(=O)c1cc(-c2nc3c([nH]2)COCC3(C)C)c(C)cc1C. The van der Waals surface area contributed by atoms with Crippen LogP contribution in [0.4, 0.5) is 0 Å². The first kappa shape index (κ1) is 19.7. The maximum atomic E-state index is 12.0. The smallest absolute Gasteiger partial charge is 0.338 e. The number of carbonyl (C=O) groups excluding carboxylic acids is 1. The normalized spacial score (nSPS) is 14.5. The Hall–Kier alpha value is -2.65. The monoisotopic (exact) mass is 355 g/mol. The Morgan fingerprint density at radius 3 is 2.58 bits per heavy atom. The standard InChI is InChI=1S/C18H22N2O3.C2H3N/c1-10-6-11(2)13(17(21)22-5)7-12(10)16-19-14-8-23-9-18(3,4)15(14)20-16;1-2-3/h6-7H,8-9H2,1-5H3,(H,19,20);1H3. The number of aromatic nitrogens is 2. The van der Waals surface area contributed by atoms with Gasteiger partial charge >= 0.3 is 5.97 Å². The lowest BCUT2D eigenvalue weighted by Crippen LogP contribution is -2.30. The van der Waals surface area contributed by atoms with E-state index in [1.165, 1.54) is 14.0 Å². The number of hydrogen-bond acceptors (Lipinski definition) is 5. The Labute approximate surface area is 154 Å². The van der Waals surface area contributed by atoms with Crippen molar-refractivity contribution in [1.29, 1.82) is 5.26 Å². The van der Waals surface area contributed by atoms with Crippen LogP contribution >= 0.6 is 0 Å². The Morgan fingerprint density at radius 2 is 2.00 bits per heavy atom. The molecule has 0 spiro atoms. The lowest BCUT2D eigenvalue weighted by atomic mass is 9.87. The lowest BCUT2D eigenvalue weighted by Gasteiger charge is -2.27. The summed E-state index contributed by atoms with van der Waals surface area (Å²) in [5.41, 5.74) is 5.39. The first-order chi connectivity index (χ1) is 12.2. The van der Waals surface area contributed by atoms with Gasteiger partial charge in [-0.25, -0.2) is 9.78 Å². The van der Waals surface area contributed by atoms with Crippen LogP contribution in [-0.2, 0) is 21.5 Å². The van der Waals surface area contributed by atoms with E-state index in [0.29, 0.717) is 18.8 Å². The number of nitrogens with one attached hydrogen (secondary N) is 1. The lowest BCUT2D eigenvalue weighted by molar-refractivity contribution is 0.0600. The van der Waals surface area contributed by atoms with Crippen LogP contribution in [0.1, 0.15) is 53.6 Å². The zero-order valence-corrected chi connectivity index (χ0v) is 16.2. The van der Waals surface area contributed by atoms with E-state index in [4.69, 9.17) is 19.7 Å². The van der Waals surface area contributed by atoms with Crippen LogP contribution in [0.25, 0.3) is 11.4 Å². The molecule has 1 aliphatic heterocycles. The maximum absolute atomic E-state index is 12.0. The average Bonchev–Trinajstić information content (AvgIpc) is 3.00. The topological polar surface area (TPSA) is 88.0 Å². The number of esters is 1. The Bertz CT molecular complexity index is 860. The van der Waals surface area contributed by atoms with Crippen molar-refractivity contribution >= 4 is 5.97 Å². The number of benzene rings is 1. The van der Waals surface area contributed by atoms with Crippen molar-refractivity contribution in [1.82, 2.24) is 9.97 Å². The fraction of sp³-hybridized carbons (Fsp3) is 0.450. The molecule has 0 bridgehead atoms. The van der Waals surface area contributed by atoms with E-state index < -0.39 is 0 Å². The van der Waals surface area contributed by atoms with Gasteiger partial charge in [0.25, 0.3) is 0 Å². The highest BCUT2D eigenvalue weighted by atomic mass is 16.5. The molecule has 0 amide bonds. The second-order valence-corrected chi connectivity index (χ2v) is 6.99. The van der Waals surface area contributed by atoms with Gasteiger partial charge in [-0.15, -0.1) is 0 Å². The van der Waals surface area contributed by atoms with Crippen LogP contribution in [-0.4, -0.2) is 29.7 Å². The van der Waals surface area contributed by atoms with Gasteiger partial charge in [0.05, 0.1) is 43.3 Å². The van der Waals surface area contributed by atoms with Crippen LogP contribution < -0.4 is 0 Å². The molecule has 0 saturated heterocycles. The van der Waals surface area contributed by atoms with Crippen molar-refractivity contribution in [3.63, 3.8) is 0 Å². The molecule has 1 aromatic heterocycles. The molecule has 2 aromatic rings. The van der Waals surface area contributed by atoms with Gasteiger partial charge in [-0.3, -0.25) is 0 Å². The zero-order valence-electron chi connectivity index (χ0n) is 16.2. The van der Waals surface area contributed by atoms with Crippen molar-refractivity contribution in [3.05, 3.63) is 40.2 Å². The van der Waals surface area contributed by atoms with E-state index in [2.05, 4.69) is 18.8 Å². The second kappa shape index (κ2) is 7.71. The van der Waals surface area contributed by atoms with Gasteiger partial charge < -0.3 is 14.5 Å². The number of rotatable bonds is 2. The van der Waals surface area contributed by atoms with Crippen LogP contribution in [0.2, 0.25) is 0 Å². The van der Waals surface area contributed by atoms with Gasteiger partial charge in [0, 0.05) is 17.9 Å². The Kier molecular flexibility index (Phi) is 5.83. The minimum Gasteiger partial charge on any atom is -0.465 e. The Balaban J connectivity index is 0.000000758. The quantitative estimate of drug-likeness (QED) is 0.827. The molecule has 6 heteroatoms. The molecule has 1 aromatic carbocycles. The minimum absolute atomic E-state index is 0.119. The highest BCUT2D eigenvalue weighted by molar-refractivity contribution is 5.92. The van der Waals surface area contributed by atoms with Crippen molar-refractivity contribution in [2.75, 3.05) is 13.7 Å². The molecule has 1 aliphatic rings. The number of ether oxygens (including phenoxy) is 2. The number of aryl methyl sites for hydroxylation is 2. The number of H-pyrrole nitrogens is 1. The van der Waals surface area contributed by atoms with Gasteiger partial charge in [-0.05, 0) is 31.0 Å². The predicted molar refractivity (Wildman–Crippen MR) is 98.8 cm³/mol. The number of aromatic amines is 1. The summed E-state index contributed by atoms with van der Waals surface area (Å²) < 4.78 is 10.5. The Morgan fingerprint density at radius 1 is 1.35 bits per heavy atom. The third kappa shape index (κ3) is 3.78. The molecule has 0 unspecified atom stereocenters. The summed E-state index contributed by atoms with van der Waals surface area (Å²) >= 11 is 0. The summed E-state index contributed by atoms with van der Waals surface area (Å²) in [4.78, 5) is 20.1. The maximum Gasteiger partial charge on any atom is 0.338 e. The first-order valence-corrected chi connectivity index (χ1v) is 8.43. The number of nitrogens with zero attached hydrogens (tertiary/aromatic N) is 2. The van der Waals surface area contributed by atoms with Gasteiger partial charge in [0.1, 0.15) is 5.82 Å². The summed E-state index contributed by atoms with van der Waals surface area (Å²) in [6.45, 7) is 10.8. The van der Waals surface area contributed by atoms with Gasteiger partial charge in [-0.1, -0.05) is 19.9 Å². The van der Waals surface area contributed by atoms with Crippen molar-refractivity contribution < 1.29 is 14.3 Å². The van der Waals surface area contributed by atoms with Gasteiger partial charge in [0.15, 0.2) is 0 Å². The third-order valence-electron chi connectivity index (χ3n) is 4.36. The summed E-state index contributed by atoms with van der Waals surface area (Å²) in [6.07, 6.45) is 0. The van der Waals surface area contributed by atoms with Crippen LogP contribution in [0.3, 0.4) is 0 Å². The van der Waals surface area contributed by atoms with Crippen LogP contribution in [0, 0.1) is 25.2 Å². The number of nitriles is 1. The molecule has 6 nitrogen and oxygen atoms in total. The molecular formula is C20H25N3O3. The number of imidazole rings is 1. The molecule has 138 valence electrons. The third-order valence-corrected chi connectivity index (χ3v) is 4.36. The van der Waals surface area contributed by atoms with E-state index >= 15 is 0 Å². The summed E-state index contributed by atoms with van der Waals surface area (Å²) in [5.74, 6) is 0.444. The van der Waals surface area contributed by atoms with Crippen molar-refractivity contribution in [3.8, 4) is 17.5 Å². The zero-order chi connectivity index (χ0) is 19.5. The van der Waals surface area contributed by atoms with E-state index in [9.17, 15) is 4.79 Å². The van der Waals surface area contributed by atoms with E-state index in [1.54, 1.807) is 6.07 Å². The molecule has 0 atom stereocenters. The summed E-state index contributed by atoms with van der Waals surface area (Å²) in [7, 11) is 1.40. The van der Waals surface area contributed by atoms with Gasteiger partial charge in [0.2, 0.25) is 0 Å². The van der Waals surface area contributed by atoms with Crippen LogP contribution in [0.5, 0.6) is 0 Å². The molecule has 26 heavy (non-hydrogen) atoms. The molecule has 0 saturated carbocycles. The molecule has 0 radical (unpaired) electrons. The summed E-state index contributed by atoms with van der Waals surface area (Å²) in [5, 5.41) is 7.32. The minimum atomic E-state index is -0.330. The highest BCUT2D eigenvalue weighted by Crippen LogP contribution is 2.33. The van der Waals surface area contributed by atoms with Crippen molar-refractivity contribution in [2.24, 2.45) is 0 Å². The average molecular weight is 355 g/mol. The summed E-state index contributed by atoms with van der Waals surface area (Å²) in [6, 6.07) is 5.60. The molecule has 1 N–H and O–H groups in total. The second-order valence-electron chi connectivity index (χ2n) is 6.99. The molecule has 0 aliphatic carbocycles. The van der Waals surface area contributed by atoms with E-state index in [0.717, 1.165) is 33.9 Å². The number of carbonyl (C=O) groups is 1. The largest absolute Gasteiger partial charge is 0.465 e. The van der Waals surface area contributed by atoms with Crippen LogP contribution in [0.15, 0.2) is 12.1 Å². The highest BCUT2D eigenvalue weighted by Gasteiger charge is 2.32. The predicted octanol–water partition coefficient (Wildman–Crippen LogP) is 3.82. The fourth-order valence-electron chi connectivity index (χ4n) is 3.12. The molecular weight excluding hydrogens is 330 g/mol. The van der Waals surface area contributed by atoms with E-state index in [1.807, 2.05) is 26.0 Å². The number of hydrogen-bond donors (Lipinski definition) is 1. The first-order valence-electron chi connectivity index (χ1n) is 8.43. The number of fused-ring (bicyclic) bond motifs is 1. The molecule has 3 rings (SSSR count). The molecule has 2 heterocycles. The number of methoxy groups -OCH3 is 1. The fourth-order valence-corrected chi connectivity index (χ4v) is 3.12.